The number of nitrogens with zero attached hydrogens (tertiary/aromatic N) is 1. The summed E-state index contributed by atoms with van der Waals surface area (Å²) >= 11 is 0. The highest BCUT2D eigenvalue weighted by molar-refractivity contribution is 5.85. The van der Waals surface area contributed by atoms with Crippen molar-refractivity contribution in [2.24, 2.45) is 5.73 Å². The Kier molecular flexibility index (Phi) is 10.0. The van der Waals surface area contributed by atoms with Gasteiger partial charge in [0.1, 0.15) is 0 Å². The van der Waals surface area contributed by atoms with Crippen molar-refractivity contribution in [1.82, 2.24) is 4.90 Å². The van der Waals surface area contributed by atoms with Gasteiger partial charge in [-0.2, -0.15) is 0 Å². The summed E-state index contributed by atoms with van der Waals surface area (Å²) in [5.74, 6) is 0. The summed E-state index contributed by atoms with van der Waals surface area (Å²) in [6.45, 7) is 2.69. The summed E-state index contributed by atoms with van der Waals surface area (Å²) in [6.07, 6.45) is 1.74. The van der Waals surface area contributed by atoms with Crippen LogP contribution in [0, 0.1) is 0 Å². The molecular weight excluding hydrogens is 202 g/mol. The molecule has 0 aromatic heterocycles. The number of rotatable bonds is 3. The highest BCUT2D eigenvalue weighted by atomic mass is 35.5. The average molecular weight is 219 g/mol. The molecule has 0 aromatic rings. The lowest BCUT2D eigenvalue weighted by Crippen LogP contribution is -2.27. The predicted molar refractivity (Wildman–Crippen MR) is 54.1 cm³/mol. The number of alkyl halides is 1. The van der Waals surface area contributed by atoms with Gasteiger partial charge in [0.25, 0.3) is 0 Å². The molecule has 0 aromatic carbocycles. The minimum Gasteiger partial charge on any atom is -0.326 e. The van der Waals surface area contributed by atoms with Crippen molar-refractivity contribution in [2.75, 3.05) is 26.3 Å². The van der Waals surface area contributed by atoms with Crippen molar-refractivity contribution in [2.45, 2.75) is 18.9 Å². The standard InChI is InChI=1S/C7H15FN2.2ClH/c8-3-1-4-10-5-2-7(9)6-10;;/h7H,1-6,9H2;2*1H/t7-;;/m0../s1. The van der Waals surface area contributed by atoms with E-state index in [0.29, 0.717) is 12.5 Å². The summed E-state index contributed by atoms with van der Waals surface area (Å²) in [4.78, 5) is 2.23. The second-order valence-corrected chi connectivity index (χ2v) is 2.89. The number of hydrogen-bond donors (Lipinski definition) is 1. The lowest BCUT2D eigenvalue weighted by atomic mass is 10.3. The molecule has 0 spiro atoms. The van der Waals surface area contributed by atoms with Crippen molar-refractivity contribution in [3.05, 3.63) is 0 Å². The smallest absolute Gasteiger partial charge is 0.0906 e. The molecule has 1 heterocycles. The van der Waals surface area contributed by atoms with Gasteiger partial charge in [-0.15, -0.1) is 24.8 Å². The van der Waals surface area contributed by atoms with Crippen molar-refractivity contribution in [3.8, 4) is 0 Å². The fourth-order valence-corrected chi connectivity index (χ4v) is 1.35. The first-order chi connectivity index (χ1) is 4.83. The van der Waals surface area contributed by atoms with Gasteiger partial charge < -0.3 is 10.6 Å². The van der Waals surface area contributed by atoms with Crippen LogP contribution in [0.2, 0.25) is 0 Å². The van der Waals surface area contributed by atoms with E-state index < -0.39 is 0 Å². The van der Waals surface area contributed by atoms with Crippen LogP contribution in [-0.4, -0.2) is 37.3 Å². The molecule has 1 fully saturated rings. The van der Waals surface area contributed by atoms with Gasteiger partial charge >= 0.3 is 0 Å². The SMILES string of the molecule is Cl.Cl.N[C@H]1CCN(CCCF)C1. The summed E-state index contributed by atoms with van der Waals surface area (Å²) in [5.41, 5.74) is 5.66. The zero-order chi connectivity index (χ0) is 7.40. The van der Waals surface area contributed by atoms with Gasteiger partial charge in [0, 0.05) is 19.1 Å². The number of halogens is 3. The Labute approximate surface area is 85.5 Å². The number of hydrogen-bond acceptors (Lipinski definition) is 2. The van der Waals surface area contributed by atoms with Gasteiger partial charge in [-0.1, -0.05) is 0 Å². The molecule has 0 saturated carbocycles. The van der Waals surface area contributed by atoms with Gasteiger partial charge in [0.05, 0.1) is 6.67 Å². The quantitative estimate of drug-likeness (QED) is 0.773. The first-order valence-corrected chi connectivity index (χ1v) is 3.87. The number of likely N-dealkylation sites (tertiary alicyclic amines) is 1. The topological polar surface area (TPSA) is 29.3 Å². The Morgan fingerprint density at radius 2 is 2.08 bits per heavy atom. The summed E-state index contributed by atoms with van der Waals surface area (Å²) in [6, 6.07) is 0.333. The van der Waals surface area contributed by atoms with Gasteiger partial charge in [-0.3, -0.25) is 4.39 Å². The molecular formula is C7H17Cl2FN2. The van der Waals surface area contributed by atoms with Crippen LogP contribution in [0.4, 0.5) is 4.39 Å². The highest BCUT2D eigenvalue weighted by Gasteiger charge is 2.17. The van der Waals surface area contributed by atoms with Crippen LogP contribution in [0.3, 0.4) is 0 Å². The van der Waals surface area contributed by atoms with Crippen molar-refractivity contribution >= 4 is 24.8 Å². The van der Waals surface area contributed by atoms with Crippen LogP contribution < -0.4 is 5.73 Å². The molecule has 0 bridgehead atoms. The first-order valence-electron chi connectivity index (χ1n) is 3.87. The molecule has 1 rings (SSSR count). The molecule has 0 unspecified atom stereocenters. The van der Waals surface area contributed by atoms with Crippen molar-refractivity contribution < 1.29 is 4.39 Å². The minimum atomic E-state index is -0.203. The average Bonchev–Trinajstić information content (AvgIpc) is 2.31. The zero-order valence-electron chi connectivity index (χ0n) is 7.04. The Balaban J connectivity index is 0. The van der Waals surface area contributed by atoms with E-state index in [2.05, 4.69) is 4.90 Å². The maximum absolute atomic E-state index is 11.7. The van der Waals surface area contributed by atoms with Gasteiger partial charge in [-0.25, -0.2) is 0 Å². The first kappa shape index (κ1) is 14.9. The van der Waals surface area contributed by atoms with Gasteiger partial charge in [-0.05, 0) is 19.4 Å². The molecule has 1 saturated heterocycles. The van der Waals surface area contributed by atoms with Gasteiger partial charge in [0.15, 0.2) is 0 Å². The lowest BCUT2D eigenvalue weighted by molar-refractivity contribution is 0.309. The van der Waals surface area contributed by atoms with Crippen molar-refractivity contribution in [1.29, 1.82) is 0 Å². The van der Waals surface area contributed by atoms with Crippen molar-refractivity contribution in [3.63, 3.8) is 0 Å². The molecule has 0 aliphatic carbocycles. The van der Waals surface area contributed by atoms with Crippen LogP contribution in [0.15, 0.2) is 0 Å². The molecule has 5 heteroatoms. The Morgan fingerprint density at radius 3 is 2.50 bits per heavy atom. The second kappa shape index (κ2) is 8.05. The zero-order valence-corrected chi connectivity index (χ0v) is 8.67. The summed E-state index contributed by atoms with van der Waals surface area (Å²) in [5, 5.41) is 0. The van der Waals surface area contributed by atoms with Crippen LogP contribution in [0.5, 0.6) is 0 Å². The van der Waals surface area contributed by atoms with E-state index in [1.165, 1.54) is 0 Å². The maximum atomic E-state index is 11.7. The molecule has 12 heavy (non-hydrogen) atoms. The summed E-state index contributed by atoms with van der Waals surface area (Å²) < 4.78 is 11.7. The molecule has 76 valence electrons. The van der Waals surface area contributed by atoms with E-state index in [1.807, 2.05) is 0 Å². The highest BCUT2D eigenvalue weighted by Crippen LogP contribution is 2.06. The van der Waals surface area contributed by atoms with Crippen LogP contribution in [0.25, 0.3) is 0 Å². The Bertz CT molecular complexity index is 105. The third-order valence-corrected chi connectivity index (χ3v) is 1.92. The van der Waals surface area contributed by atoms with Crippen LogP contribution in [0.1, 0.15) is 12.8 Å². The van der Waals surface area contributed by atoms with E-state index in [0.717, 1.165) is 26.1 Å². The largest absolute Gasteiger partial charge is 0.326 e. The molecule has 1 aliphatic heterocycles. The Morgan fingerprint density at radius 1 is 1.42 bits per heavy atom. The Hall–Kier alpha value is 0.430. The molecule has 1 atom stereocenters. The molecule has 0 amide bonds. The minimum absolute atomic E-state index is 0. The van der Waals surface area contributed by atoms with Crippen LogP contribution in [-0.2, 0) is 0 Å². The fraction of sp³-hybridized carbons (Fsp3) is 1.00. The molecule has 0 radical (unpaired) electrons. The second-order valence-electron chi connectivity index (χ2n) is 2.89. The van der Waals surface area contributed by atoms with E-state index in [1.54, 1.807) is 0 Å². The normalized spacial score (nSPS) is 23.0. The molecule has 1 aliphatic rings. The van der Waals surface area contributed by atoms with E-state index in [4.69, 9.17) is 5.73 Å². The third kappa shape index (κ3) is 5.14. The monoisotopic (exact) mass is 218 g/mol. The van der Waals surface area contributed by atoms with Crippen LogP contribution >= 0.6 is 24.8 Å². The number of nitrogens with two attached hydrogens (primary N) is 1. The predicted octanol–water partition coefficient (Wildman–Crippen LogP) is 1.22. The fourth-order valence-electron chi connectivity index (χ4n) is 1.35. The van der Waals surface area contributed by atoms with E-state index in [9.17, 15) is 4.39 Å². The maximum Gasteiger partial charge on any atom is 0.0906 e. The van der Waals surface area contributed by atoms with E-state index in [-0.39, 0.29) is 31.5 Å². The van der Waals surface area contributed by atoms with E-state index >= 15 is 0 Å². The lowest BCUT2D eigenvalue weighted by Gasteiger charge is -2.12. The molecule has 2 nitrogen and oxygen atoms in total. The summed E-state index contributed by atoms with van der Waals surface area (Å²) in [7, 11) is 0. The van der Waals surface area contributed by atoms with Gasteiger partial charge in [0.2, 0.25) is 0 Å². The molecule has 2 N–H and O–H groups in total. The third-order valence-electron chi connectivity index (χ3n) is 1.92.